The number of hydrogen-bond donors (Lipinski definition) is 0. The Bertz CT molecular complexity index is 781. The molecule has 3 rings (SSSR count). The number of fused-ring (bicyclic) bond motifs is 1. The Balaban J connectivity index is 2.11. The summed E-state index contributed by atoms with van der Waals surface area (Å²) in [7, 11) is 0. The lowest BCUT2D eigenvalue weighted by molar-refractivity contribution is -0.00795. The van der Waals surface area contributed by atoms with Crippen molar-refractivity contribution in [3.05, 3.63) is 47.0 Å². The molecule has 0 unspecified atom stereocenters. The first-order valence-electron chi connectivity index (χ1n) is 6.72. The lowest BCUT2D eigenvalue weighted by Gasteiger charge is -2.29. The summed E-state index contributed by atoms with van der Waals surface area (Å²) < 4.78 is 7.17. The maximum Gasteiger partial charge on any atom is 0.357 e. The van der Waals surface area contributed by atoms with Gasteiger partial charge in [-0.25, -0.2) is 9.78 Å². The van der Waals surface area contributed by atoms with Gasteiger partial charge in [-0.2, -0.15) is 5.26 Å². The molecule has 0 spiro atoms. The highest BCUT2D eigenvalue weighted by atomic mass is 16.6. The van der Waals surface area contributed by atoms with E-state index in [1.54, 1.807) is 23.0 Å². The van der Waals surface area contributed by atoms with Gasteiger partial charge in [-0.1, -0.05) is 0 Å². The normalized spacial score (nSPS) is 16.0. The number of nitriles is 1. The standard InChI is InChI=1S/C16H15N3O2/c1-10-6-12(5-4-11(10)8-17)19-9-18-13-7-16(2,3)21-15(20)14(13)19/h4-6,9H,7H2,1-3H3. The molecule has 1 aliphatic rings. The number of rotatable bonds is 1. The van der Waals surface area contributed by atoms with Crippen LogP contribution >= 0.6 is 0 Å². The zero-order chi connectivity index (χ0) is 15.2. The fourth-order valence-electron chi connectivity index (χ4n) is 2.59. The third kappa shape index (κ3) is 2.19. The fourth-order valence-corrected chi connectivity index (χ4v) is 2.59. The van der Waals surface area contributed by atoms with E-state index >= 15 is 0 Å². The molecule has 21 heavy (non-hydrogen) atoms. The van der Waals surface area contributed by atoms with Crippen LogP contribution in [0.1, 0.15) is 41.2 Å². The van der Waals surface area contributed by atoms with Crippen molar-refractivity contribution in [1.82, 2.24) is 9.55 Å². The van der Waals surface area contributed by atoms with Crippen molar-refractivity contribution in [3.63, 3.8) is 0 Å². The molecule has 2 heterocycles. The molecule has 0 N–H and O–H groups in total. The number of carbonyl (C=O) groups excluding carboxylic acids is 1. The molecule has 1 aromatic carbocycles. The first kappa shape index (κ1) is 13.4. The van der Waals surface area contributed by atoms with Crippen molar-refractivity contribution >= 4 is 5.97 Å². The van der Waals surface area contributed by atoms with E-state index in [4.69, 9.17) is 10.00 Å². The molecular formula is C16H15N3O2. The van der Waals surface area contributed by atoms with Crippen molar-refractivity contribution in [2.75, 3.05) is 0 Å². The van der Waals surface area contributed by atoms with E-state index in [-0.39, 0.29) is 5.97 Å². The van der Waals surface area contributed by atoms with Crippen LogP contribution in [0.2, 0.25) is 0 Å². The highest BCUT2D eigenvalue weighted by molar-refractivity contribution is 5.91. The van der Waals surface area contributed by atoms with Gasteiger partial charge >= 0.3 is 5.97 Å². The summed E-state index contributed by atoms with van der Waals surface area (Å²) in [6.07, 6.45) is 2.23. The smallest absolute Gasteiger partial charge is 0.357 e. The second kappa shape index (κ2) is 4.45. The lowest BCUT2D eigenvalue weighted by atomic mass is 9.98. The molecule has 0 aliphatic carbocycles. The summed E-state index contributed by atoms with van der Waals surface area (Å²) in [6, 6.07) is 7.55. The zero-order valence-corrected chi connectivity index (χ0v) is 12.2. The van der Waals surface area contributed by atoms with Gasteiger partial charge in [0, 0.05) is 12.1 Å². The number of ether oxygens (including phenoxy) is 1. The molecule has 0 fully saturated rings. The quantitative estimate of drug-likeness (QED) is 0.753. The monoisotopic (exact) mass is 281 g/mol. The molecule has 0 atom stereocenters. The van der Waals surface area contributed by atoms with Crippen molar-refractivity contribution < 1.29 is 9.53 Å². The number of imidazole rings is 1. The molecule has 2 aromatic rings. The van der Waals surface area contributed by atoms with Gasteiger partial charge in [0.15, 0.2) is 5.69 Å². The number of nitrogens with zero attached hydrogens (tertiary/aromatic N) is 3. The second-order valence-electron chi connectivity index (χ2n) is 5.85. The maximum absolute atomic E-state index is 12.2. The number of esters is 1. The highest BCUT2D eigenvalue weighted by Crippen LogP contribution is 2.28. The molecule has 106 valence electrons. The van der Waals surface area contributed by atoms with Crippen LogP contribution in [-0.2, 0) is 11.2 Å². The molecule has 0 saturated heterocycles. The molecule has 1 aromatic heterocycles. The van der Waals surface area contributed by atoms with Gasteiger partial charge in [-0.05, 0) is 44.5 Å². The molecule has 1 aliphatic heterocycles. The van der Waals surface area contributed by atoms with Crippen molar-refractivity contribution in [3.8, 4) is 11.8 Å². The van der Waals surface area contributed by atoms with Gasteiger partial charge in [-0.15, -0.1) is 0 Å². The molecule has 0 saturated carbocycles. The number of aromatic nitrogens is 2. The van der Waals surface area contributed by atoms with Crippen LogP contribution in [0, 0.1) is 18.3 Å². The summed E-state index contributed by atoms with van der Waals surface area (Å²) >= 11 is 0. The van der Waals surface area contributed by atoms with E-state index < -0.39 is 5.60 Å². The Labute approximate surface area is 122 Å². The van der Waals surface area contributed by atoms with E-state index in [1.165, 1.54) is 0 Å². The number of hydrogen-bond acceptors (Lipinski definition) is 4. The largest absolute Gasteiger partial charge is 0.455 e. The third-order valence-corrected chi connectivity index (χ3v) is 3.61. The molecular weight excluding hydrogens is 266 g/mol. The van der Waals surface area contributed by atoms with Crippen molar-refractivity contribution in [2.45, 2.75) is 32.8 Å². The van der Waals surface area contributed by atoms with Crippen LogP contribution in [0.4, 0.5) is 0 Å². The van der Waals surface area contributed by atoms with E-state index in [0.29, 0.717) is 17.7 Å². The van der Waals surface area contributed by atoms with Gasteiger partial charge in [0.05, 0.1) is 17.3 Å². The van der Waals surface area contributed by atoms with Gasteiger partial charge < -0.3 is 4.74 Å². The van der Waals surface area contributed by atoms with Crippen molar-refractivity contribution in [2.24, 2.45) is 0 Å². The zero-order valence-electron chi connectivity index (χ0n) is 12.2. The van der Waals surface area contributed by atoms with Gasteiger partial charge in [0.2, 0.25) is 0 Å². The Morgan fingerprint density at radius 3 is 2.86 bits per heavy atom. The van der Waals surface area contributed by atoms with Gasteiger partial charge in [-0.3, -0.25) is 4.57 Å². The molecule has 5 nitrogen and oxygen atoms in total. The van der Waals surface area contributed by atoms with Crippen LogP contribution < -0.4 is 0 Å². The SMILES string of the molecule is Cc1cc(-n2cnc3c2C(=O)OC(C)(C)C3)ccc1C#N. The third-order valence-electron chi connectivity index (χ3n) is 3.61. The van der Waals surface area contributed by atoms with Crippen LogP contribution in [0.15, 0.2) is 24.5 Å². The molecule has 0 radical (unpaired) electrons. The molecule has 0 bridgehead atoms. The first-order chi connectivity index (χ1) is 9.91. The summed E-state index contributed by atoms with van der Waals surface area (Å²) in [5.41, 5.74) is 2.98. The summed E-state index contributed by atoms with van der Waals surface area (Å²) in [5.74, 6) is -0.360. The Kier molecular flexibility index (Phi) is 2.84. The Morgan fingerprint density at radius 1 is 1.43 bits per heavy atom. The van der Waals surface area contributed by atoms with Gasteiger partial charge in [0.25, 0.3) is 0 Å². The first-order valence-corrected chi connectivity index (χ1v) is 6.72. The highest BCUT2D eigenvalue weighted by Gasteiger charge is 2.36. The lowest BCUT2D eigenvalue weighted by Crippen LogP contribution is -2.36. The molecule has 0 amide bonds. The topological polar surface area (TPSA) is 67.9 Å². The minimum Gasteiger partial charge on any atom is -0.455 e. The predicted octanol–water partition coefficient (Wildman–Crippen LogP) is 2.54. The van der Waals surface area contributed by atoms with E-state index in [1.807, 2.05) is 26.8 Å². The average Bonchev–Trinajstić information content (AvgIpc) is 2.81. The number of cyclic esters (lactones) is 1. The maximum atomic E-state index is 12.2. The van der Waals surface area contributed by atoms with Crippen molar-refractivity contribution in [1.29, 1.82) is 5.26 Å². The molecule has 5 heteroatoms. The predicted molar refractivity (Wildman–Crippen MR) is 76.2 cm³/mol. The summed E-state index contributed by atoms with van der Waals surface area (Å²) in [4.78, 5) is 16.6. The summed E-state index contributed by atoms with van der Waals surface area (Å²) in [5, 5.41) is 8.99. The van der Waals surface area contributed by atoms with Crippen LogP contribution in [0.25, 0.3) is 5.69 Å². The average molecular weight is 281 g/mol. The number of carbonyl (C=O) groups is 1. The van der Waals surface area contributed by atoms with E-state index in [9.17, 15) is 4.79 Å². The summed E-state index contributed by atoms with van der Waals surface area (Å²) in [6.45, 7) is 5.62. The minimum absolute atomic E-state index is 0.360. The van der Waals surface area contributed by atoms with Crippen LogP contribution in [0.5, 0.6) is 0 Å². The second-order valence-corrected chi connectivity index (χ2v) is 5.85. The number of aryl methyl sites for hydroxylation is 1. The Hall–Kier alpha value is -2.61. The van der Waals surface area contributed by atoms with E-state index in [0.717, 1.165) is 16.9 Å². The van der Waals surface area contributed by atoms with Gasteiger partial charge in [0.1, 0.15) is 11.9 Å². The minimum atomic E-state index is -0.524. The van der Waals surface area contributed by atoms with Crippen LogP contribution in [0.3, 0.4) is 0 Å². The fraction of sp³-hybridized carbons (Fsp3) is 0.312. The number of benzene rings is 1. The van der Waals surface area contributed by atoms with E-state index in [2.05, 4.69) is 11.1 Å². The van der Waals surface area contributed by atoms with Crippen LogP contribution in [-0.4, -0.2) is 21.1 Å². The Morgan fingerprint density at radius 2 is 2.19 bits per heavy atom.